The minimum absolute atomic E-state index is 0.0977. The minimum atomic E-state index is -0.285. The highest BCUT2D eigenvalue weighted by Gasteiger charge is 2.15. The molecule has 8 heteroatoms. The van der Waals surface area contributed by atoms with Crippen molar-refractivity contribution in [3.05, 3.63) is 53.4 Å². The molecule has 1 aromatic heterocycles. The first-order valence-electron chi connectivity index (χ1n) is 9.02. The van der Waals surface area contributed by atoms with Crippen molar-refractivity contribution < 1.29 is 23.5 Å². The first-order valence-corrected chi connectivity index (χ1v) is 9.02. The molecule has 0 atom stereocenters. The van der Waals surface area contributed by atoms with Crippen molar-refractivity contribution in [2.45, 2.75) is 20.4 Å². The average Bonchev–Trinajstić information content (AvgIpc) is 3.21. The number of rotatable bonds is 8. The highest BCUT2D eigenvalue weighted by atomic mass is 16.5. The summed E-state index contributed by atoms with van der Waals surface area (Å²) in [6, 6.07) is 11.1. The number of hydrogen-bond acceptors (Lipinski definition) is 7. The van der Waals surface area contributed by atoms with E-state index in [2.05, 4.69) is 15.5 Å². The zero-order chi connectivity index (χ0) is 20.8. The second-order valence-electron chi connectivity index (χ2n) is 6.41. The van der Waals surface area contributed by atoms with E-state index in [1.54, 1.807) is 32.4 Å². The summed E-state index contributed by atoms with van der Waals surface area (Å²) in [6.45, 7) is 3.90. The van der Waals surface area contributed by atoms with E-state index >= 15 is 0 Å². The number of nitrogens with zero attached hydrogens (tertiary/aromatic N) is 2. The molecule has 0 radical (unpaired) electrons. The maximum atomic E-state index is 12.1. The van der Waals surface area contributed by atoms with Crippen LogP contribution in [0.25, 0.3) is 11.4 Å². The molecule has 0 aliphatic carbocycles. The van der Waals surface area contributed by atoms with Crippen LogP contribution in [0.3, 0.4) is 0 Å². The molecule has 0 aliphatic rings. The fraction of sp³-hybridized carbons (Fsp3) is 0.286. The molecule has 3 aromatic rings. The first-order chi connectivity index (χ1) is 14.0. The molecule has 0 unspecified atom stereocenters. The predicted octanol–water partition coefficient (Wildman–Crippen LogP) is 3.07. The summed E-state index contributed by atoms with van der Waals surface area (Å²) in [5.41, 5.74) is 2.70. The van der Waals surface area contributed by atoms with Crippen LogP contribution in [-0.2, 0) is 11.3 Å². The third kappa shape index (κ3) is 5.04. The Morgan fingerprint density at radius 1 is 1.07 bits per heavy atom. The number of carbonyl (C=O) groups is 1. The fourth-order valence-corrected chi connectivity index (χ4v) is 2.65. The van der Waals surface area contributed by atoms with Gasteiger partial charge in [-0.25, -0.2) is 0 Å². The molecule has 152 valence electrons. The number of amides is 1. The molecular formula is C21H23N3O5. The van der Waals surface area contributed by atoms with Gasteiger partial charge in [0.2, 0.25) is 11.7 Å². The smallest absolute Gasteiger partial charge is 0.258 e. The third-order valence-electron chi connectivity index (χ3n) is 4.26. The number of benzene rings is 2. The zero-order valence-electron chi connectivity index (χ0n) is 16.8. The highest BCUT2D eigenvalue weighted by Crippen LogP contribution is 2.31. The van der Waals surface area contributed by atoms with E-state index in [0.29, 0.717) is 28.6 Å². The largest absolute Gasteiger partial charge is 0.497 e. The van der Waals surface area contributed by atoms with Gasteiger partial charge < -0.3 is 24.1 Å². The van der Waals surface area contributed by atoms with Crippen molar-refractivity contribution in [3.8, 4) is 28.6 Å². The number of carbonyl (C=O) groups excluding carboxylic acids is 1. The number of methoxy groups -OCH3 is 2. The number of nitrogens with one attached hydrogen (secondary N) is 1. The Kier molecular flexibility index (Phi) is 6.33. The Balaban J connectivity index is 1.58. The van der Waals surface area contributed by atoms with E-state index < -0.39 is 0 Å². The van der Waals surface area contributed by atoms with E-state index in [0.717, 1.165) is 11.1 Å². The normalized spacial score (nSPS) is 10.5. The van der Waals surface area contributed by atoms with Crippen LogP contribution in [0.2, 0.25) is 0 Å². The maximum absolute atomic E-state index is 12.1. The quantitative estimate of drug-likeness (QED) is 0.624. The monoisotopic (exact) mass is 397 g/mol. The summed E-state index contributed by atoms with van der Waals surface area (Å²) in [5.74, 6) is 2.26. The summed E-state index contributed by atoms with van der Waals surface area (Å²) in [4.78, 5) is 16.4. The van der Waals surface area contributed by atoms with E-state index in [-0.39, 0.29) is 24.9 Å². The van der Waals surface area contributed by atoms with E-state index in [1.807, 2.05) is 32.0 Å². The minimum Gasteiger partial charge on any atom is -0.497 e. The molecule has 1 heterocycles. The van der Waals surface area contributed by atoms with Crippen molar-refractivity contribution in [3.63, 3.8) is 0 Å². The molecule has 29 heavy (non-hydrogen) atoms. The summed E-state index contributed by atoms with van der Waals surface area (Å²) in [7, 11) is 3.13. The lowest BCUT2D eigenvalue weighted by Gasteiger charge is -2.09. The highest BCUT2D eigenvalue weighted by molar-refractivity contribution is 5.77. The fourth-order valence-electron chi connectivity index (χ4n) is 2.65. The van der Waals surface area contributed by atoms with Crippen molar-refractivity contribution in [1.29, 1.82) is 0 Å². The second kappa shape index (κ2) is 9.09. The molecule has 8 nitrogen and oxygen atoms in total. The van der Waals surface area contributed by atoms with Crippen LogP contribution in [0.1, 0.15) is 17.0 Å². The van der Waals surface area contributed by atoms with Gasteiger partial charge in [0.1, 0.15) is 17.2 Å². The zero-order valence-corrected chi connectivity index (χ0v) is 16.8. The topological polar surface area (TPSA) is 95.7 Å². The molecule has 0 spiro atoms. The Labute approximate surface area is 168 Å². The molecule has 2 aromatic carbocycles. The predicted molar refractivity (Wildman–Crippen MR) is 106 cm³/mol. The maximum Gasteiger partial charge on any atom is 0.258 e. The van der Waals surface area contributed by atoms with Gasteiger partial charge in [0.05, 0.1) is 26.3 Å². The Morgan fingerprint density at radius 3 is 2.66 bits per heavy atom. The van der Waals surface area contributed by atoms with Gasteiger partial charge >= 0.3 is 0 Å². The molecule has 0 saturated heterocycles. The van der Waals surface area contributed by atoms with Gasteiger partial charge in [-0.1, -0.05) is 17.3 Å². The third-order valence-corrected chi connectivity index (χ3v) is 4.26. The van der Waals surface area contributed by atoms with Crippen LogP contribution in [0.15, 0.2) is 40.9 Å². The van der Waals surface area contributed by atoms with Crippen LogP contribution >= 0.6 is 0 Å². The number of aromatic nitrogens is 2. The van der Waals surface area contributed by atoms with Gasteiger partial charge in [0, 0.05) is 6.07 Å². The first kappa shape index (κ1) is 20.2. The Bertz CT molecular complexity index is 1000. The molecular weight excluding hydrogens is 374 g/mol. The Hall–Kier alpha value is -3.55. The van der Waals surface area contributed by atoms with E-state index in [1.165, 1.54) is 0 Å². The average molecular weight is 397 g/mol. The van der Waals surface area contributed by atoms with Crippen LogP contribution in [0.5, 0.6) is 17.2 Å². The lowest BCUT2D eigenvalue weighted by atomic mass is 10.1. The van der Waals surface area contributed by atoms with Crippen LogP contribution < -0.4 is 19.5 Å². The van der Waals surface area contributed by atoms with Crippen LogP contribution in [0.4, 0.5) is 0 Å². The van der Waals surface area contributed by atoms with Crippen molar-refractivity contribution in [2.75, 3.05) is 20.8 Å². The molecule has 0 aliphatic heterocycles. The van der Waals surface area contributed by atoms with Crippen molar-refractivity contribution >= 4 is 5.91 Å². The number of hydrogen-bond donors (Lipinski definition) is 1. The van der Waals surface area contributed by atoms with Gasteiger partial charge in [0.15, 0.2) is 6.61 Å². The molecule has 0 saturated carbocycles. The van der Waals surface area contributed by atoms with Gasteiger partial charge in [-0.15, -0.1) is 0 Å². The summed E-state index contributed by atoms with van der Waals surface area (Å²) < 4.78 is 21.3. The van der Waals surface area contributed by atoms with Crippen molar-refractivity contribution in [1.82, 2.24) is 15.5 Å². The van der Waals surface area contributed by atoms with E-state index in [4.69, 9.17) is 18.7 Å². The summed E-state index contributed by atoms with van der Waals surface area (Å²) in [5, 5.41) is 6.66. The van der Waals surface area contributed by atoms with Gasteiger partial charge in [0.25, 0.3) is 5.91 Å². The molecule has 0 bridgehead atoms. The Morgan fingerprint density at radius 2 is 1.90 bits per heavy atom. The molecule has 1 amide bonds. The summed E-state index contributed by atoms with van der Waals surface area (Å²) >= 11 is 0. The number of ether oxygens (including phenoxy) is 3. The molecule has 3 rings (SSSR count). The second-order valence-corrected chi connectivity index (χ2v) is 6.41. The lowest BCUT2D eigenvalue weighted by molar-refractivity contribution is -0.123. The lowest BCUT2D eigenvalue weighted by Crippen LogP contribution is -2.28. The van der Waals surface area contributed by atoms with Crippen LogP contribution in [-0.4, -0.2) is 36.9 Å². The number of aryl methyl sites for hydroxylation is 2. The standard InChI is InChI=1S/C21H23N3O5/c1-13-5-6-14(2)17(9-13)28-12-19(25)22-11-20-23-21(24-29-20)16-8-7-15(26-3)10-18(16)27-4/h5-10H,11-12H2,1-4H3,(H,22,25). The summed E-state index contributed by atoms with van der Waals surface area (Å²) in [6.07, 6.45) is 0. The SMILES string of the molecule is COc1ccc(-c2noc(CNC(=O)COc3cc(C)ccc3C)n2)c(OC)c1. The molecule has 1 N–H and O–H groups in total. The van der Waals surface area contributed by atoms with Crippen LogP contribution in [0, 0.1) is 13.8 Å². The van der Waals surface area contributed by atoms with Gasteiger partial charge in [-0.3, -0.25) is 4.79 Å². The van der Waals surface area contributed by atoms with Gasteiger partial charge in [-0.2, -0.15) is 4.98 Å². The van der Waals surface area contributed by atoms with Crippen molar-refractivity contribution in [2.24, 2.45) is 0 Å². The molecule has 0 fully saturated rings. The van der Waals surface area contributed by atoms with E-state index in [9.17, 15) is 4.79 Å². The van der Waals surface area contributed by atoms with Gasteiger partial charge in [-0.05, 0) is 43.2 Å².